The molecule has 2 fully saturated rings. The van der Waals surface area contributed by atoms with E-state index in [1.165, 1.54) is 5.56 Å². The minimum atomic E-state index is -0.503. The third-order valence-corrected chi connectivity index (χ3v) is 8.79. The molecule has 7 heteroatoms. The quantitative estimate of drug-likeness (QED) is 0.707. The monoisotopic (exact) mass is 428 g/mol. The molecule has 1 aromatic rings. The molecule has 6 atom stereocenters. The van der Waals surface area contributed by atoms with Gasteiger partial charge < -0.3 is 29.3 Å². The minimum Gasteiger partial charge on any atom is -0.493 e. The predicted octanol–water partition coefficient (Wildman–Crippen LogP) is 1.69. The SMILES string of the molecule is COc1cc2c3c(c1OC)OC[C@@H](C)N3[C@@H]1C[C@H](O)[C@@]3(CCO)C=CCN4CC[C@@]21[C@H]43. The molecule has 31 heavy (non-hydrogen) atoms. The summed E-state index contributed by atoms with van der Waals surface area (Å²) in [5.74, 6) is 2.11. The topological polar surface area (TPSA) is 74.6 Å². The van der Waals surface area contributed by atoms with Crippen LogP contribution >= 0.6 is 0 Å². The molecule has 1 saturated heterocycles. The zero-order valence-corrected chi connectivity index (χ0v) is 18.5. The van der Waals surface area contributed by atoms with Crippen LogP contribution in [-0.2, 0) is 5.41 Å². The maximum absolute atomic E-state index is 11.6. The molecule has 1 saturated carbocycles. The predicted molar refractivity (Wildman–Crippen MR) is 116 cm³/mol. The standard InChI is InChI=1S/C24H32N2O5/c1-14-13-31-21-19-15(11-16(29-2)20(21)30-3)24-6-9-25-8-4-5-23(7-10-27,22(24)25)18(28)12-17(24)26(14)19/h4-5,11,14,17-18,22,27-28H,6-10,12-13H2,1-3H3/t14-,17-,18+,22-,23+,24-/m1/s1. The van der Waals surface area contributed by atoms with Gasteiger partial charge in [0.2, 0.25) is 5.75 Å². The number of methoxy groups -OCH3 is 2. The molecular formula is C24H32N2O5. The molecule has 4 heterocycles. The van der Waals surface area contributed by atoms with Crippen molar-refractivity contribution in [2.24, 2.45) is 5.41 Å². The van der Waals surface area contributed by atoms with Crippen molar-refractivity contribution in [2.45, 2.75) is 55.8 Å². The zero-order valence-electron chi connectivity index (χ0n) is 18.5. The fraction of sp³-hybridized carbons (Fsp3) is 0.667. The number of nitrogens with zero attached hydrogens (tertiary/aromatic N) is 2. The zero-order chi connectivity index (χ0) is 21.5. The summed E-state index contributed by atoms with van der Waals surface area (Å²) in [4.78, 5) is 5.03. The van der Waals surface area contributed by atoms with Crippen molar-refractivity contribution in [3.8, 4) is 17.2 Å². The third kappa shape index (κ3) is 2.15. The van der Waals surface area contributed by atoms with Gasteiger partial charge in [-0.05, 0) is 44.4 Å². The summed E-state index contributed by atoms with van der Waals surface area (Å²) in [5.41, 5.74) is 1.78. The normalized spacial score (nSPS) is 39.6. The molecule has 168 valence electrons. The lowest BCUT2D eigenvalue weighted by molar-refractivity contribution is -0.0801. The van der Waals surface area contributed by atoms with Crippen LogP contribution in [0.5, 0.6) is 17.2 Å². The lowest BCUT2D eigenvalue weighted by atomic mass is 9.52. The summed E-state index contributed by atoms with van der Waals surface area (Å²) >= 11 is 0. The molecule has 7 nitrogen and oxygen atoms in total. The van der Waals surface area contributed by atoms with E-state index in [0.717, 1.165) is 30.9 Å². The number of aliphatic hydroxyl groups is 2. The molecule has 0 aromatic heterocycles. The third-order valence-electron chi connectivity index (χ3n) is 8.79. The van der Waals surface area contributed by atoms with Crippen LogP contribution in [0.4, 0.5) is 5.69 Å². The Morgan fingerprint density at radius 3 is 2.87 bits per heavy atom. The number of hydrogen-bond acceptors (Lipinski definition) is 7. The Hall–Kier alpha value is -1.96. The molecule has 4 aliphatic heterocycles. The van der Waals surface area contributed by atoms with Crippen molar-refractivity contribution >= 4 is 5.69 Å². The Morgan fingerprint density at radius 1 is 1.29 bits per heavy atom. The highest BCUT2D eigenvalue weighted by Crippen LogP contribution is 2.68. The largest absolute Gasteiger partial charge is 0.493 e. The van der Waals surface area contributed by atoms with Crippen LogP contribution in [0.2, 0.25) is 0 Å². The van der Waals surface area contributed by atoms with Crippen LogP contribution in [0.3, 0.4) is 0 Å². The second-order valence-electron chi connectivity index (χ2n) is 9.85. The summed E-state index contributed by atoms with van der Waals surface area (Å²) in [5, 5.41) is 21.6. The number of ether oxygens (including phenoxy) is 3. The van der Waals surface area contributed by atoms with Gasteiger partial charge in [-0.25, -0.2) is 0 Å². The van der Waals surface area contributed by atoms with Gasteiger partial charge in [0, 0.05) is 36.1 Å². The molecule has 1 aromatic carbocycles. The van der Waals surface area contributed by atoms with E-state index in [1.807, 2.05) is 0 Å². The average Bonchev–Trinajstić information content (AvgIpc) is 3.30. The fourth-order valence-corrected chi connectivity index (χ4v) is 7.79. The van der Waals surface area contributed by atoms with E-state index in [-0.39, 0.29) is 30.1 Å². The van der Waals surface area contributed by atoms with Gasteiger partial charge in [-0.2, -0.15) is 0 Å². The Kier molecular flexibility index (Phi) is 4.15. The summed E-state index contributed by atoms with van der Waals surface area (Å²) in [6, 6.07) is 2.68. The van der Waals surface area contributed by atoms with Crippen molar-refractivity contribution < 1.29 is 24.4 Å². The molecular weight excluding hydrogens is 396 g/mol. The van der Waals surface area contributed by atoms with Crippen molar-refractivity contribution in [2.75, 3.05) is 45.4 Å². The lowest BCUT2D eigenvalue weighted by Crippen LogP contribution is -2.69. The first-order valence-electron chi connectivity index (χ1n) is 11.4. The highest BCUT2D eigenvalue weighted by atomic mass is 16.5. The molecule has 2 N–H and O–H groups in total. The smallest absolute Gasteiger partial charge is 0.205 e. The van der Waals surface area contributed by atoms with Crippen LogP contribution in [0, 0.1) is 5.41 Å². The van der Waals surface area contributed by atoms with Gasteiger partial charge in [-0.3, -0.25) is 4.90 Å². The van der Waals surface area contributed by atoms with E-state index in [9.17, 15) is 10.2 Å². The summed E-state index contributed by atoms with van der Waals surface area (Å²) < 4.78 is 17.8. The van der Waals surface area contributed by atoms with Gasteiger partial charge in [0.25, 0.3) is 0 Å². The van der Waals surface area contributed by atoms with Crippen molar-refractivity contribution in [3.05, 3.63) is 23.8 Å². The van der Waals surface area contributed by atoms with Gasteiger partial charge in [-0.15, -0.1) is 0 Å². The Morgan fingerprint density at radius 2 is 2.13 bits per heavy atom. The molecule has 6 rings (SSSR count). The number of benzene rings is 1. The van der Waals surface area contributed by atoms with E-state index in [4.69, 9.17) is 14.2 Å². The van der Waals surface area contributed by atoms with Crippen LogP contribution < -0.4 is 19.1 Å². The van der Waals surface area contributed by atoms with Crippen LogP contribution in [0.1, 0.15) is 31.7 Å². The second-order valence-corrected chi connectivity index (χ2v) is 9.85. The first kappa shape index (κ1) is 19.7. The Bertz CT molecular complexity index is 950. The first-order chi connectivity index (χ1) is 15.0. The minimum absolute atomic E-state index is 0.0692. The summed E-state index contributed by atoms with van der Waals surface area (Å²) in [6.45, 7) is 4.73. The van der Waals surface area contributed by atoms with E-state index in [0.29, 0.717) is 30.9 Å². The van der Waals surface area contributed by atoms with E-state index < -0.39 is 11.5 Å². The van der Waals surface area contributed by atoms with Crippen LogP contribution in [0.15, 0.2) is 18.2 Å². The highest BCUT2D eigenvalue weighted by Gasteiger charge is 2.71. The van der Waals surface area contributed by atoms with Gasteiger partial charge in [0.1, 0.15) is 6.61 Å². The van der Waals surface area contributed by atoms with E-state index >= 15 is 0 Å². The van der Waals surface area contributed by atoms with E-state index in [2.05, 4.69) is 34.9 Å². The van der Waals surface area contributed by atoms with Crippen LogP contribution in [-0.4, -0.2) is 79.9 Å². The Balaban J connectivity index is 1.65. The van der Waals surface area contributed by atoms with Gasteiger partial charge in [-0.1, -0.05) is 12.2 Å². The molecule has 0 unspecified atom stereocenters. The number of anilines is 1. The number of aliphatic hydroxyl groups excluding tert-OH is 2. The maximum Gasteiger partial charge on any atom is 0.205 e. The highest BCUT2D eigenvalue weighted by molar-refractivity contribution is 5.81. The van der Waals surface area contributed by atoms with Gasteiger partial charge in [0.05, 0.1) is 32.1 Å². The van der Waals surface area contributed by atoms with Crippen molar-refractivity contribution in [1.82, 2.24) is 4.90 Å². The molecule has 0 amide bonds. The fourth-order valence-electron chi connectivity index (χ4n) is 7.79. The molecule has 0 radical (unpaired) electrons. The van der Waals surface area contributed by atoms with Gasteiger partial charge >= 0.3 is 0 Å². The van der Waals surface area contributed by atoms with E-state index in [1.54, 1.807) is 14.2 Å². The maximum atomic E-state index is 11.6. The van der Waals surface area contributed by atoms with Crippen molar-refractivity contribution in [3.63, 3.8) is 0 Å². The average molecular weight is 429 g/mol. The summed E-state index contributed by atoms with van der Waals surface area (Å²) in [6.07, 6.45) is 6.17. The number of fused-ring (bicyclic) bond motifs is 1. The molecule has 5 aliphatic rings. The molecule has 0 bridgehead atoms. The summed E-state index contributed by atoms with van der Waals surface area (Å²) in [7, 11) is 3.33. The molecule has 1 spiro atoms. The second kappa shape index (κ2) is 6.53. The molecule has 1 aliphatic carbocycles. The van der Waals surface area contributed by atoms with Gasteiger partial charge in [0.15, 0.2) is 11.5 Å². The van der Waals surface area contributed by atoms with Crippen molar-refractivity contribution in [1.29, 1.82) is 0 Å². The number of hydrogen-bond donors (Lipinski definition) is 2. The number of rotatable bonds is 4. The Labute approximate surface area is 183 Å². The van der Waals surface area contributed by atoms with Crippen LogP contribution in [0.25, 0.3) is 0 Å². The first-order valence-corrected chi connectivity index (χ1v) is 11.4. The lowest BCUT2D eigenvalue weighted by Gasteiger charge is -2.59.